The second-order valence-corrected chi connectivity index (χ2v) is 4.06. The molecule has 0 atom stereocenters. The van der Waals surface area contributed by atoms with Crippen molar-refractivity contribution < 1.29 is 9.31 Å². The van der Waals surface area contributed by atoms with Crippen LogP contribution in [0.4, 0.5) is 21.5 Å². The van der Waals surface area contributed by atoms with E-state index in [2.05, 4.69) is 10.4 Å². The summed E-state index contributed by atoms with van der Waals surface area (Å²) in [4.78, 5) is 10.4. The average Bonchev–Trinajstić information content (AvgIpc) is 2.69. The van der Waals surface area contributed by atoms with Crippen LogP contribution in [-0.2, 0) is 13.5 Å². The summed E-state index contributed by atoms with van der Waals surface area (Å²) in [6.45, 7) is 1.92. The average molecular weight is 264 g/mol. The van der Waals surface area contributed by atoms with Gasteiger partial charge in [-0.25, -0.2) is 4.39 Å². The molecule has 0 bridgehead atoms. The SMILES string of the molecule is CCc1nn(C)cc1Nc1cc(F)ccc1[N+](=O)[O-]. The molecule has 0 aliphatic rings. The molecule has 100 valence electrons. The normalized spacial score (nSPS) is 10.5. The second kappa shape index (κ2) is 5.05. The minimum absolute atomic E-state index is 0.118. The van der Waals surface area contributed by atoms with Gasteiger partial charge in [0, 0.05) is 25.4 Å². The van der Waals surface area contributed by atoms with E-state index in [-0.39, 0.29) is 11.4 Å². The zero-order valence-electron chi connectivity index (χ0n) is 10.6. The van der Waals surface area contributed by atoms with Gasteiger partial charge in [0.05, 0.1) is 16.3 Å². The highest BCUT2D eigenvalue weighted by atomic mass is 19.1. The molecule has 1 N–H and O–H groups in total. The van der Waals surface area contributed by atoms with Crippen LogP contribution in [0.25, 0.3) is 0 Å². The standard InChI is InChI=1S/C12H13FN4O2/c1-3-9-11(7-16(2)15-9)14-10-6-8(13)4-5-12(10)17(18)19/h4-7,14H,3H2,1-2H3. The third kappa shape index (κ3) is 2.70. The van der Waals surface area contributed by atoms with Crippen molar-refractivity contribution in [1.82, 2.24) is 9.78 Å². The number of hydrogen-bond acceptors (Lipinski definition) is 4. The Hall–Kier alpha value is -2.44. The Bertz CT molecular complexity index is 624. The maximum Gasteiger partial charge on any atom is 0.292 e. The lowest BCUT2D eigenvalue weighted by Crippen LogP contribution is -1.99. The van der Waals surface area contributed by atoms with Gasteiger partial charge in [-0.3, -0.25) is 14.8 Å². The van der Waals surface area contributed by atoms with E-state index in [0.717, 1.165) is 23.9 Å². The fraction of sp³-hybridized carbons (Fsp3) is 0.250. The van der Waals surface area contributed by atoms with Crippen LogP contribution in [0.2, 0.25) is 0 Å². The van der Waals surface area contributed by atoms with E-state index in [1.807, 2.05) is 6.92 Å². The van der Waals surface area contributed by atoms with Gasteiger partial charge in [0.2, 0.25) is 0 Å². The zero-order valence-corrected chi connectivity index (χ0v) is 10.6. The molecular formula is C12H13FN4O2. The molecule has 0 unspecified atom stereocenters. The van der Waals surface area contributed by atoms with E-state index in [4.69, 9.17) is 0 Å². The van der Waals surface area contributed by atoms with E-state index >= 15 is 0 Å². The number of nitrogens with zero attached hydrogens (tertiary/aromatic N) is 3. The number of nitro benzene ring substituents is 1. The molecule has 0 spiro atoms. The number of halogens is 1. The molecule has 0 aliphatic heterocycles. The van der Waals surface area contributed by atoms with Crippen LogP contribution >= 0.6 is 0 Å². The molecule has 0 aliphatic carbocycles. The third-order valence-electron chi connectivity index (χ3n) is 2.66. The lowest BCUT2D eigenvalue weighted by molar-refractivity contribution is -0.384. The van der Waals surface area contributed by atoms with Crippen LogP contribution in [0.15, 0.2) is 24.4 Å². The fourth-order valence-electron chi connectivity index (χ4n) is 1.81. The minimum atomic E-state index is -0.552. The molecule has 2 rings (SSSR count). The molecule has 0 amide bonds. The van der Waals surface area contributed by atoms with Gasteiger partial charge in [-0.05, 0) is 12.5 Å². The van der Waals surface area contributed by atoms with Crippen LogP contribution in [0, 0.1) is 15.9 Å². The van der Waals surface area contributed by atoms with Crippen LogP contribution in [0.5, 0.6) is 0 Å². The lowest BCUT2D eigenvalue weighted by atomic mass is 10.2. The van der Waals surface area contributed by atoms with Gasteiger partial charge in [-0.2, -0.15) is 5.10 Å². The number of nitrogens with one attached hydrogen (secondary N) is 1. The quantitative estimate of drug-likeness (QED) is 0.680. The van der Waals surface area contributed by atoms with Crippen LogP contribution in [0.1, 0.15) is 12.6 Å². The maximum absolute atomic E-state index is 13.2. The van der Waals surface area contributed by atoms with Crippen molar-refractivity contribution in [2.75, 3.05) is 5.32 Å². The molecule has 0 fully saturated rings. The van der Waals surface area contributed by atoms with Gasteiger partial charge < -0.3 is 5.32 Å². The Morgan fingerprint density at radius 1 is 1.47 bits per heavy atom. The van der Waals surface area contributed by atoms with Crippen molar-refractivity contribution in [3.05, 3.63) is 46.0 Å². The number of aromatic nitrogens is 2. The first-order chi connectivity index (χ1) is 9.01. The van der Waals surface area contributed by atoms with E-state index in [0.29, 0.717) is 12.1 Å². The van der Waals surface area contributed by atoms with E-state index in [9.17, 15) is 14.5 Å². The highest BCUT2D eigenvalue weighted by Gasteiger charge is 2.16. The summed E-state index contributed by atoms with van der Waals surface area (Å²) in [5, 5.41) is 18.0. The maximum atomic E-state index is 13.2. The molecule has 19 heavy (non-hydrogen) atoms. The minimum Gasteiger partial charge on any atom is -0.347 e. The lowest BCUT2D eigenvalue weighted by Gasteiger charge is -2.06. The molecule has 1 heterocycles. The highest BCUT2D eigenvalue weighted by Crippen LogP contribution is 2.29. The van der Waals surface area contributed by atoms with Gasteiger partial charge in [0.15, 0.2) is 0 Å². The van der Waals surface area contributed by atoms with Crippen LogP contribution in [0.3, 0.4) is 0 Å². The summed E-state index contributed by atoms with van der Waals surface area (Å²) >= 11 is 0. The molecule has 7 heteroatoms. The Labute approximate surface area is 109 Å². The third-order valence-corrected chi connectivity index (χ3v) is 2.66. The molecule has 0 saturated carbocycles. The fourth-order valence-corrected chi connectivity index (χ4v) is 1.81. The van der Waals surface area contributed by atoms with Gasteiger partial charge in [0.1, 0.15) is 11.5 Å². The number of aryl methyl sites for hydroxylation is 2. The Kier molecular flexibility index (Phi) is 3.46. The summed E-state index contributed by atoms with van der Waals surface area (Å²) in [5.74, 6) is -0.532. The Morgan fingerprint density at radius 3 is 2.84 bits per heavy atom. The van der Waals surface area contributed by atoms with Gasteiger partial charge in [-0.15, -0.1) is 0 Å². The summed E-state index contributed by atoms with van der Waals surface area (Å²) in [6, 6.07) is 3.30. The van der Waals surface area contributed by atoms with Crippen LogP contribution < -0.4 is 5.32 Å². The van der Waals surface area contributed by atoms with Crippen molar-refractivity contribution >= 4 is 17.1 Å². The van der Waals surface area contributed by atoms with Crippen molar-refractivity contribution in [2.45, 2.75) is 13.3 Å². The summed E-state index contributed by atoms with van der Waals surface area (Å²) < 4.78 is 14.8. The highest BCUT2D eigenvalue weighted by molar-refractivity contribution is 5.70. The Morgan fingerprint density at radius 2 is 2.21 bits per heavy atom. The summed E-state index contributed by atoms with van der Waals surface area (Å²) in [7, 11) is 1.75. The molecule has 6 nitrogen and oxygen atoms in total. The number of rotatable bonds is 4. The zero-order chi connectivity index (χ0) is 14.0. The van der Waals surface area contributed by atoms with Crippen molar-refractivity contribution in [1.29, 1.82) is 0 Å². The summed E-state index contributed by atoms with van der Waals surface area (Å²) in [6.07, 6.45) is 2.37. The monoisotopic (exact) mass is 264 g/mol. The predicted molar refractivity (Wildman–Crippen MR) is 68.9 cm³/mol. The molecular weight excluding hydrogens is 251 g/mol. The molecule has 1 aromatic carbocycles. The molecule has 2 aromatic rings. The molecule has 0 saturated heterocycles. The first-order valence-electron chi connectivity index (χ1n) is 5.74. The predicted octanol–water partition coefficient (Wildman–Crippen LogP) is 2.77. The van der Waals surface area contributed by atoms with E-state index in [1.54, 1.807) is 17.9 Å². The number of anilines is 2. The topological polar surface area (TPSA) is 73.0 Å². The van der Waals surface area contributed by atoms with Crippen LogP contribution in [-0.4, -0.2) is 14.7 Å². The number of nitro groups is 1. The van der Waals surface area contributed by atoms with Gasteiger partial charge in [-0.1, -0.05) is 6.92 Å². The Balaban J connectivity index is 2.42. The molecule has 1 aromatic heterocycles. The largest absolute Gasteiger partial charge is 0.347 e. The first-order valence-corrected chi connectivity index (χ1v) is 5.74. The van der Waals surface area contributed by atoms with Crippen molar-refractivity contribution in [2.24, 2.45) is 7.05 Å². The van der Waals surface area contributed by atoms with Crippen molar-refractivity contribution in [3.63, 3.8) is 0 Å². The van der Waals surface area contributed by atoms with Gasteiger partial charge in [0.25, 0.3) is 5.69 Å². The second-order valence-electron chi connectivity index (χ2n) is 4.06. The number of hydrogen-bond donors (Lipinski definition) is 1. The first kappa shape index (κ1) is 13.0. The number of benzene rings is 1. The van der Waals surface area contributed by atoms with Gasteiger partial charge >= 0.3 is 0 Å². The molecule has 0 radical (unpaired) electrons. The van der Waals surface area contributed by atoms with E-state index in [1.165, 1.54) is 0 Å². The van der Waals surface area contributed by atoms with E-state index < -0.39 is 10.7 Å². The van der Waals surface area contributed by atoms with Crippen molar-refractivity contribution in [3.8, 4) is 0 Å². The smallest absolute Gasteiger partial charge is 0.292 e. The summed E-state index contributed by atoms with van der Waals surface area (Å²) in [5.41, 5.74) is 1.35.